The first-order valence-corrected chi connectivity index (χ1v) is 21.2. The fourth-order valence-electron chi connectivity index (χ4n) is 8.34. The number of hydrogen-bond donors (Lipinski definition) is 0. The second-order valence-corrected chi connectivity index (χ2v) is 15.4. The van der Waals surface area contributed by atoms with Crippen molar-refractivity contribution in [3.63, 3.8) is 0 Å². The van der Waals surface area contributed by atoms with Crippen molar-refractivity contribution in [2.45, 2.75) is 0 Å². The lowest BCUT2D eigenvalue weighted by atomic mass is 9.93. The van der Waals surface area contributed by atoms with E-state index in [9.17, 15) is 0 Å². The highest BCUT2D eigenvalue weighted by Gasteiger charge is 2.18. The molecule has 10 aromatic carbocycles. The van der Waals surface area contributed by atoms with Crippen LogP contribution in [0.2, 0.25) is 0 Å². The second kappa shape index (κ2) is 17.6. The van der Waals surface area contributed by atoms with Crippen LogP contribution in [0.4, 0.5) is 34.1 Å². The summed E-state index contributed by atoms with van der Waals surface area (Å²) in [6, 6.07) is 95.6. The Balaban J connectivity index is 1.04. The highest BCUT2D eigenvalue weighted by Crippen LogP contribution is 2.43. The molecule has 0 radical (unpaired) electrons. The highest BCUT2D eigenvalue weighted by molar-refractivity contribution is 5.90. The molecule has 0 spiro atoms. The van der Waals surface area contributed by atoms with Crippen LogP contribution in [0.5, 0.6) is 0 Å². The van der Waals surface area contributed by atoms with Crippen LogP contribution in [0.3, 0.4) is 0 Å². The molecule has 0 unspecified atom stereocenters. The number of rotatable bonds is 11. The van der Waals surface area contributed by atoms with Crippen molar-refractivity contribution < 1.29 is 0 Å². The van der Waals surface area contributed by atoms with E-state index in [-0.39, 0.29) is 0 Å². The van der Waals surface area contributed by atoms with Crippen molar-refractivity contribution in [1.82, 2.24) is 0 Å². The number of hydrogen-bond acceptors (Lipinski definition) is 2. The molecule has 10 aromatic rings. The summed E-state index contributed by atoms with van der Waals surface area (Å²) in [4.78, 5) is 4.69. The molecule has 2 nitrogen and oxygen atoms in total. The Morgan fingerprint density at radius 3 is 0.774 bits per heavy atom. The summed E-state index contributed by atoms with van der Waals surface area (Å²) < 4.78 is 0. The predicted octanol–water partition coefficient (Wildman–Crippen LogP) is 17.0. The minimum atomic E-state index is 1.08. The van der Waals surface area contributed by atoms with E-state index in [1.807, 2.05) is 0 Å². The normalized spacial score (nSPS) is 10.9. The fraction of sp³-hybridized carbons (Fsp3) is 0. The molecule has 0 atom stereocenters. The van der Waals surface area contributed by atoms with Gasteiger partial charge in [-0.1, -0.05) is 194 Å². The van der Waals surface area contributed by atoms with E-state index in [1.165, 1.54) is 44.5 Å². The summed E-state index contributed by atoms with van der Waals surface area (Å²) in [7, 11) is 0. The summed E-state index contributed by atoms with van der Waals surface area (Å²) in [6.07, 6.45) is 0. The van der Waals surface area contributed by atoms with Gasteiger partial charge in [0.05, 0.1) is 0 Å². The lowest BCUT2D eigenvalue weighted by Crippen LogP contribution is -2.10. The van der Waals surface area contributed by atoms with Gasteiger partial charge in [-0.05, 0) is 128 Å². The summed E-state index contributed by atoms with van der Waals surface area (Å²) in [6.45, 7) is 0. The van der Waals surface area contributed by atoms with Gasteiger partial charge in [-0.25, -0.2) is 0 Å². The van der Waals surface area contributed by atoms with Crippen molar-refractivity contribution in [3.8, 4) is 55.6 Å². The van der Waals surface area contributed by atoms with Crippen molar-refractivity contribution in [2.75, 3.05) is 9.80 Å². The van der Waals surface area contributed by atoms with Gasteiger partial charge in [-0.15, -0.1) is 0 Å². The van der Waals surface area contributed by atoms with Crippen molar-refractivity contribution in [3.05, 3.63) is 267 Å². The number of anilines is 6. The van der Waals surface area contributed by atoms with Crippen LogP contribution in [0, 0.1) is 0 Å². The minimum Gasteiger partial charge on any atom is -0.311 e. The molecule has 0 aliphatic rings. The molecule has 0 N–H and O–H groups in total. The lowest BCUT2D eigenvalue weighted by molar-refractivity contribution is 1.28. The molecule has 0 aromatic heterocycles. The minimum absolute atomic E-state index is 1.08. The van der Waals surface area contributed by atoms with Crippen molar-refractivity contribution >= 4 is 34.1 Å². The molecule has 0 aliphatic carbocycles. The molecule has 0 bridgehead atoms. The van der Waals surface area contributed by atoms with E-state index in [2.05, 4.69) is 277 Å². The Bertz CT molecular complexity index is 2900. The monoisotopic (exact) mass is 792 g/mol. The molecule has 2 heteroatoms. The van der Waals surface area contributed by atoms with Gasteiger partial charge in [-0.2, -0.15) is 0 Å². The SMILES string of the molecule is c1ccc(-c2ccc(N(c3ccccc3)c3ccc(-c4ccc(N(c5ccc(-c6ccccc6)cc5)c5ccc(-c6ccccc6)cc5)cc4-c4ccccc4)cc3)cc2)cc1. The molecule has 0 fully saturated rings. The molecule has 0 amide bonds. The molecular weight excluding hydrogens is 749 g/mol. The summed E-state index contributed by atoms with van der Waals surface area (Å²) in [5.74, 6) is 0. The number of para-hydroxylation sites is 1. The molecule has 10 rings (SSSR count). The van der Waals surface area contributed by atoms with E-state index in [4.69, 9.17) is 0 Å². The summed E-state index contributed by atoms with van der Waals surface area (Å²) >= 11 is 0. The van der Waals surface area contributed by atoms with E-state index in [1.54, 1.807) is 0 Å². The van der Waals surface area contributed by atoms with E-state index >= 15 is 0 Å². The Hall–Kier alpha value is -8.20. The third-order valence-electron chi connectivity index (χ3n) is 11.5. The molecule has 62 heavy (non-hydrogen) atoms. The van der Waals surface area contributed by atoms with Crippen molar-refractivity contribution in [2.24, 2.45) is 0 Å². The fourth-order valence-corrected chi connectivity index (χ4v) is 8.34. The topological polar surface area (TPSA) is 6.48 Å². The first-order chi connectivity index (χ1) is 30.7. The first-order valence-electron chi connectivity index (χ1n) is 21.2. The van der Waals surface area contributed by atoms with Crippen LogP contribution in [-0.2, 0) is 0 Å². The zero-order valence-corrected chi connectivity index (χ0v) is 34.3. The smallest absolute Gasteiger partial charge is 0.0468 e. The molecule has 0 saturated carbocycles. The van der Waals surface area contributed by atoms with Crippen molar-refractivity contribution in [1.29, 1.82) is 0 Å². The van der Waals surface area contributed by atoms with Crippen LogP contribution < -0.4 is 9.80 Å². The van der Waals surface area contributed by atoms with Gasteiger partial charge in [0.25, 0.3) is 0 Å². The van der Waals surface area contributed by atoms with Crippen LogP contribution in [0.1, 0.15) is 0 Å². The zero-order chi connectivity index (χ0) is 41.5. The van der Waals surface area contributed by atoms with Gasteiger partial charge in [-0.3, -0.25) is 0 Å². The zero-order valence-electron chi connectivity index (χ0n) is 34.3. The van der Waals surface area contributed by atoms with Crippen LogP contribution in [0.25, 0.3) is 55.6 Å². The van der Waals surface area contributed by atoms with Gasteiger partial charge >= 0.3 is 0 Å². The quantitative estimate of drug-likeness (QED) is 0.129. The maximum atomic E-state index is 2.36. The summed E-state index contributed by atoms with van der Waals surface area (Å²) in [5, 5.41) is 0. The second-order valence-electron chi connectivity index (χ2n) is 15.4. The average Bonchev–Trinajstić information content (AvgIpc) is 3.36. The van der Waals surface area contributed by atoms with Gasteiger partial charge in [0.15, 0.2) is 0 Å². The van der Waals surface area contributed by atoms with Gasteiger partial charge in [0, 0.05) is 34.1 Å². The molecule has 0 heterocycles. The number of nitrogens with zero attached hydrogens (tertiary/aromatic N) is 2. The molecular formula is C60H44N2. The predicted molar refractivity (Wildman–Crippen MR) is 263 cm³/mol. The highest BCUT2D eigenvalue weighted by atomic mass is 15.1. The third-order valence-corrected chi connectivity index (χ3v) is 11.5. The standard InChI is InChI=1S/C60H44N2/c1-6-16-45(17-7-1)48-26-34-54(35-27-48)61(53-24-14-5-15-25-53)55-40-32-52(33-41-55)59-43-42-58(44-60(59)51-22-12-4-13-23-51)62(56-36-28-49(29-37-56)46-18-8-2-9-19-46)57-38-30-50(31-39-57)47-20-10-3-11-21-47/h1-44H. The van der Waals surface area contributed by atoms with Gasteiger partial charge in [0.2, 0.25) is 0 Å². The average molecular weight is 793 g/mol. The molecule has 294 valence electrons. The van der Waals surface area contributed by atoms with E-state index in [0.29, 0.717) is 0 Å². The van der Waals surface area contributed by atoms with Crippen LogP contribution in [0.15, 0.2) is 267 Å². The largest absolute Gasteiger partial charge is 0.311 e. The molecule has 0 aliphatic heterocycles. The first kappa shape index (κ1) is 38.0. The number of benzene rings is 10. The Morgan fingerprint density at radius 1 is 0.161 bits per heavy atom. The van der Waals surface area contributed by atoms with E-state index in [0.717, 1.165) is 45.3 Å². The Kier molecular flexibility index (Phi) is 10.8. The maximum Gasteiger partial charge on any atom is 0.0468 e. The van der Waals surface area contributed by atoms with Crippen LogP contribution in [-0.4, -0.2) is 0 Å². The third kappa shape index (κ3) is 8.06. The Morgan fingerprint density at radius 2 is 0.403 bits per heavy atom. The molecule has 0 saturated heterocycles. The maximum absolute atomic E-state index is 2.36. The Labute approximate surface area is 364 Å². The van der Waals surface area contributed by atoms with Gasteiger partial charge < -0.3 is 9.80 Å². The summed E-state index contributed by atoms with van der Waals surface area (Å²) in [5.41, 5.74) is 18.4. The lowest BCUT2D eigenvalue weighted by Gasteiger charge is -2.27. The van der Waals surface area contributed by atoms with Crippen LogP contribution >= 0.6 is 0 Å². The van der Waals surface area contributed by atoms with E-state index < -0.39 is 0 Å². The van der Waals surface area contributed by atoms with Gasteiger partial charge in [0.1, 0.15) is 0 Å².